The minimum atomic E-state index is -0.619. The fourth-order valence-electron chi connectivity index (χ4n) is 2.47. The molecule has 0 fully saturated rings. The molecule has 0 aliphatic carbocycles. The van der Waals surface area contributed by atoms with Crippen LogP contribution in [0, 0.1) is 0 Å². The predicted molar refractivity (Wildman–Crippen MR) is 79.0 cm³/mol. The minimum Gasteiger partial charge on any atom is -0.309 e. The molecule has 0 bridgehead atoms. The maximum absolute atomic E-state index is 11.0. The number of rotatable bonds is 0. The normalized spacial score (nSPS) is 16.4. The molecular formula is C16H17NOS. The zero-order valence-electron chi connectivity index (χ0n) is 10.8. The molecule has 3 heteroatoms. The molecule has 19 heavy (non-hydrogen) atoms. The second-order valence-corrected chi connectivity index (χ2v) is 6.33. The zero-order valence-corrected chi connectivity index (χ0v) is 11.6. The summed E-state index contributed by atoms with van der Waals surface area (Å²) in [4.78, 5) is 0. The first-order chi connectivity index (χ1) is 9.33. The summed E-state index contributed by atoms with van der Waals surface area (Å²) in [7, 11) is -0.619. The highest BCUT2D eigenvalue weighted by Gasteiger charge is 2.14. The van der Waals surface area contributed by atoms with Crippen LogP contribution in [0.2, 0.25) is 0 Å². The Bertz CT molecular complexity index is 559. The van der Waals surface area contributed by atoms with E-state index in [4.69, 9.17) is 0 Å². The Kier molecular flexibility index (Phi) is 3.76. The van der Waals surface area contributed by atoms with Crippen molar-refractivity contribution in [3.05, 3.63) is 70.8 Å². The molecule has 0 amide bonds. The summed E-state index contributed by atoms with van der Waals surface area (Å²) in [5.41, 5.74) is 5.44. The van der Waals surface area contributed by atoms with Crippen molar-refractivity contribution in [3.63, 3.8) is 0 Å². The number of fused-ring (bicyclic) bond motifs is 2. The van der Waals surface area contributed by atoms with Crippen molar-refractivity contribution >= 4 is 10.8 Å². The molecule has 2 aromatic carbocycles. The number of hydrogen-bond acceptors (Lipinski definition) is 2. The third-order valence-electron chi connectivity index (χ3n) is 3.50. The lowest BCUT2D eigenvalue weighted by Gasteiger charge is -1.91. The molecule has 98 valence electrons. The molecular weight excluding hydrogens is 254 g/mol. The quantitative estimate of drug-likeness (QED) is 0.798. The summed E-state index contributed by atoms with van der Waals surface area (Å²) in [6, 6.07) is 16.6. The molecule has 4 rings (SSSR count). The Balaban J connectivity index is 0.000000117. The van der Waals surface area contributed by atoms with Gasteiger partial charge in [-0.25, -0.2) is 0 Å². The second kappa shape index (κ2) is 5.68. The van der Waals surface area contributed by atoms with Crippen molar-refractivity contribution < 1.29 is 4.21 Å². The van der Waals surface area contributed by atoms with E-state index in [0.29, 0.717) is 0 Å². The predicted octanol–water partition coefficient (Wildman–Crippen LogP) is 2.74. The van der Waals surface area contributed by atoms with Crippen LogP contribution >= 0.6 is 0 Å². The van der Waals surface area contributed by atoms with E-state index in [-0.39, 0.29) is 0 Å². The second-order valence-electron chi connectivity index (χ2n) is 4.87. The van der Waals surface area contributed by atoms with Crippen LogP contribution in [0.3, 0.4) is 0 Å². The van der Waals surface area contributed by atoms with E-state index in [2.05, 4.69) is 41.7 Å². The summed E-state index contributed by atoms with van der Waals surface area (Å²) in [5, 5.41) is 3.29. The van der Waals surface area contributed by atoms with Crippen LogP contribution in [0.5, 0.6) is 0 Å². The van der Waals surface area contributed by atoms with Crippen LogP contribution in [0.15, 0.2) is 48.5 Å². The van der Waals surface area contributed by atoms with E-state index in [1.165, 1.54) is 22.3 Å². The van der Waals surface area contributed by atoms with Gasteiger partial charge in [0.2, 0.25) is 0 Å². The van der Waals surface area contributed by atoms with Crippen LogP contribution < -0.4 is 5.32 Å². The molecule has 0 unspecified atom stereocenters. The average molecular weight is 271 g/mol. The SMILES string of the molecule is O=S1Cc2ccccc2C1.c1ccc2c(c1)CNC2. The molecule has 0 radical (unpaired) electrons. The van der Waals surface area contributed by atoms with Crippen LogP contribution in [-0.2, 0) is 35.4 Å². The van der Waals surface area contributed by atoms with Crippen LogP contribution in [0.1, 0.15) is 22.3 Å². The highest BCUT2D eigenvalue weighted by atomic mass is 32.2. The molecule has 2 heterocycles. The van der Waals surface area contributed by atoms with Gasteiger partial charge in [0.15, 0.2) is 0 Å². The van der Waals surface area contributed by atoms with Crippen molar-refractivity contribution in [2.24, 2.45) is 0 Å². The van der Waals surface area contributed by atoms with Gasteiger partial charge in [-0.2, -0.15) is 0 Å². The van der Waals surface area contributed by atoms with Gasteiger partial charge in [-0.1, -0.05) is 48.5 Å². The monoisotopic (exact) mass is 271 g/mol. The Morgan fingerprint density at radius 1 is 0.737 bits per heavy atom. The third-order valence-corrected chi connectivity index (χ3v) is 4.77. The van der Waals surface area contributed by atoms with Gasteiger partial charge in [0.25, 0.3) is 0 Å². The molecule has 2 aliphatic heterocycles. The van der Waals surface area contributed by atoms with Gasteiger partial charge in [-0.3, -0.25) is 4.21 Å². The van der Waals surface area contributed by atoms with Crippen molar-refractivity contribution in [2.75, 3.05) is 0 Å². The zero-order chi connectivity index (χ0) is 13.1. The maximum Gasteiger partial charge on any atom is 0.0492 e. The Morgan fingerprint density at radius 3 is 1.63 bits per heavy atom. The van der Waals surface area contributed by atoms with Gasteiger partial charge in [-0.05, 0) is 22.3 Å². The molecule has 0 spiro atoms. The van der Waals surface area contributed by atoms with Gasteiger partial charge >= 0.3 is 0 Å². The van der Waals surface area contributed by atoms with E-state index in [0.717, 1.165) is 24.6 Å². The first kappa shape index (κ1) is 12.6. The van der Waals surface area contributed by atoms with Crippen molar-refractivity contribution in [2.45, 2.75) is 24.6 Å². The van der Waals surface area contributed by atoms with E-state index >= 15 is 0 Å². The summed E-state index contributed by atoms with van der Waals surface area (Å²) in [6.45, 7) is 2.10. The maximum atomic E-state index is 11.0. The summed E-state index contributed by atoms with van der Waals surface area (Å²) < 4.78 is 11.0. The van der Waals surface area contributed by atoms with Gasteiger partial charge < -0.3 is 5.32 Å². The molecule has 0 saturated heterocycles. The summed E-state index contributed by atoms with van der Waals surface area (Å²) in [6.07, 6.45) is 0. The van der Waals surface area contributed by atoms with Gasteiger partial charge in [0.05, 0.1) is 0 Å². The molecule has 1 N–H and O–H groups in total. The van der Waals surface area contributed by atoms with Crippen LogP contribution in [0.4, 0.5) is 0 Å². The van der Waals surface area contributed by atoms with Crippen molar-refractivity contribution in [3.8, 4) is 0 Å². The van der Waals surface area contributed by atoms with Gasteiger partial charge in [-0.15, -0.1) is 0 Å². The standard InChI is InChI=1S/C8H9N.C8H8OS/c1-2-4-8-6-9-5-7(8)3-1;9-10-5-7-3-1-2-4-8(7)6-10/h1-4,9H,5-6H2;1-4H,5-6H2. The first-order valence-corrected chi connectivity index (χ1v) is 8.01. The Labute approximate surface area is 116 Å². The third kappa shape index (κ3) is 2.94. The number of benzene rings is 2. The highest BCUT2D eigenvalue weighted by molar-refractivity contribution is 7.83. The van der Waals surface area contributed by atoms with Crippen molar-refractivity contribution in [1.82, 2.24) is 5.32 Å². The lowest BCUT2D eigenvalue weighted by atomic mass is 10.1. The largest absolute Gasteiger partial charge is 0.309 e. The Morgan fingerprint density at radius 2 is 1.16 bits per heavy atom. The first-order valence-electron chi connectivity index (χ1n) is 6.52. The molecule has 0 saturated carbocycles. The lowest BCUT2D eigenvalue weighted by Crippen LogP contribution is -1.99. The van der Waals surface area contributed by atoms with E-state index in [1.54, 1.807) is 0 Å². The van der Waals surface area contributed by atoms with E-state index < -0.39 is 10.8 Å². The molecule has 0 aromatic heterocycles. The topological polar surface area (TPSA) is 29.1 Å². The van der Waals surface area contributed by atoms with Gasteiger partial charge in [0, 0.05) is 35.4 Å². The van der Waals surface area contributed by atoms with Crippen molar-refractivity contribution in [1.29, 1.82) is 0 Å². The summed E-state index contributed by atoms with van der Waals surface area (Å²) >= 11 is 0. The Hall–Kier alpha value is -1.45. The highest BCUT2D eigenvalue weighted by Crippen LogP contribution is 2.20. The lowest BCUT2D eigenvalue weighted by molar-refractivity contribution is 0.684. The number of hydrogen-bond donors (Lipinski definition) is 1. The van der Waals surface area contributed by atoms with E-state index in [1.807, 2.05) is 12.1 Å². The number of nitrogens with one attached hydrogen (secondary N) is 1. The molecule has 2 nitrogen and oxygen atoms in total. The molecule has 0 atom stereocenters. The smallest absolute Gasteiger partial charge is 0.0492 e. The van der Waals surface area contributed by atoms with Gasteiger partial charge in [0.1, 0.15) is 0 Å². The molecule has 2 aliphatic rings. The van der Waals surface area contributed by atoms with Crippen LogP contribution in [-0.4, -0.2) is 4.21 Å². The van der Waals surface area contributed by atoms with Crippen LogP contribution in [0.25, 0.3) is 0 Å². The fourth-order valence-corrected chi connectivity index (χ4v) is 3.83. The average Bonchev–Trinajstić information content (AvgIpc) is 3.03. The summed E-state index contributed by atoms with van der Waals surface area (Å²) in [5.74, 6) is 1.52. The fraction of sp³-hybridized carbons (Fsp3) is 0.250. The minimum absolute atomic E-state index is 0.619. The molecule has 2 aromatic rings. The van der Waals surface area contributed by atoms with E-state index in [9.17, 15) is 4.21 Å².